The van der Waals surface area contributed by atoms with Crippen LogP contribution in [0.2, 0.25) is 0 Å². The van der Waals surface area contributed by atoms with Gasteiger partial charge < -0.3 is 20.4 Å². The Bertz CT molecular complexity index is 855. The molecule has 156 valence electrons. The van der Waals surface area contributed by atoms with E-state index >= 15 is 0 Å². The number of nitrogens with zero attached hydrogens (tertiary/aromatic N) is 6. The summed E-state index contributed by atoms with van der Waals surface area (Å²) >= 11 is 0. The largest absolute Gasteiger partial charge is 0.354 e. The second-order valence-electron chi connectivity index (χ2n) is 6.31. The lowest BCUT2D eigenvalue weighted by Crippen LogP contribution is -2.55. The highest BCUT2D eigenvalue weighted by atomic mass is 127. The van der Waals surface area contributed by atoms with E-state index in [1.165, 1.54) is 6.20 Å². The Labute approximate surface area is 186 Å². The number of halogens is 1. The highest BCUT2D eigenvalue weighted by molar-refractivity contribution is 14.0. The molecule has 0 bridgehead atoms. The van der Waals surface area contributed by atoms with Crippen LogP contribution in [-0.2, 0) is 11.8 Å². The fraction of sp³-hybridized carbons (Fsp3) is 0.389. The van der Waals surface area contributed by atoms with Gasteiger partial charge in [0, 0.05) is 58.9 Å². The van der Waals surface area contributed by atoms with Crippen LogP contribution in [0.5, 0.6) is 0 Å². The zero-order valence-electron chi connectivity index (χ0n) is 16.4. The maximum Gasteiger partial charge on any atom is 0.252 e. The summed E-state index contributed by atoms with van der Waals surface area (Å²) in [5, 5.41) is 10.1. The van der Waals surface area contributed by atoms with Crippen LogP contribution in [0.15, 0.2) is 41.9 Å². The third-order valence-electron chi connectivity index (χ3n) is 4.35. The molecule has 0 aliphatic carbocycles. The maximum absolute atomic E-state index is 12.5. The molecule has 10 nitrogen and oxygen atoms in total. The first-order valence-corrected chi connectivity index (χ1v) is 9.01. The van der Waals surface area contributed by atoms with E-state index in [2.05, 4.69) is 25.7 Å². The molecule has 2 N–H and O–H groups in total. The summed E-state index contributed by atoms with van der Waals surface area (Å²) in [6.07, 6.45) is 6.66. The summed E-state index contributed by atoms with van der Waals surface area (Å²) in [5.74, 6) is 0.451. The van der Waals surface area contributed by atoms with Crippen LogP contribution < -0.4 is 15.5 Å². The van der Waals surface area contributed by atoms with E-state index in [9.17, 15) is 9.59 Å². The van der Waals surface area contributed by atoms with E-state index in [0.717, 1.165) is 5.69 Å². The Hall–Kier alpha value is -2.70. The Kier molecular flexibility index (Phi) is 8.36. The highest BCUT2D eigenvalue weighted by Crippen LogP contribution is 2.15. The average molecular weight is 512 g/mol. The number of guanidine groups is 1. The number of rotatable bonds is 5. The topological polar surface area (TPSA) is 108 Å². The molecular formula is C18H25IN8O2. The summed E-state index contributed by atoms with van der Waals surface area (Å²) in [7, 11) is 3.50. The number of piperazine rings is 1. The number of aromatic nitrogens is 3. The van der Waals surface area contributed by atoms with Crippen LogP contribution in [0.25, 0.3) is 0 Å². The van der Waals surface area contributed by atoms with Crippen molar-refractivity contribution in [2.45, 2.75) is 0 Å². The predicted octanol–water partition coefficient (Wildman–Crippen LogP) is 0.0871. The Morgan fingerprint density at radius 2 is 2.03 bits per heavy atom. The zero-order valence-corrected chi connectivity index (χ0v) is 18.7. The minimum Gasteiger partial charge on any atom is -0.354 e. The second-order valence-corrected chi connectivity index (χ2v) is 6.31. The van der Waals surface area contributed by atoms with Crippen molar-refractivity contribution in [3.05, 3.63) is 42.5 Å². The molecule has 2 aromatic heterocycles. The van der Waals surface area contributed by atoms with Gasteiger partial charge in [0.05, 0.1) is 17.4 Å². The summed E-state index contributed by atoms with van der Waals surface area (Å²) in [6.45, 7) is 2.37. The van der Waals surface area contributed by atoms with Gasteiger partial charge in [-0.15, -0.1) is 24.0 Å². The summed E-state index contributed by atoms with van der Waals surface area (Å²) in [6, 6.07) is 3.43. The number of aliphatic imine (C=N–C) groups is 1. The summed E-state index contributed by atoms with van der Waals surface area (Å²) < 4.78 is 1.68. The molecule has 1 saturated heterocycles. The lowest BCUT2D eigenvalue weighted by Gasteiger charge is -2.35. The van der Waals surface area contributed by atoms with Gasteiger partial charge in [0.1, 0.15) is 6.54 Å². The molecule has 1 aliphatic rings. The van der Waals surface area contributed by atoms with E-state index < -0.39 is 0 Å². The van der Waals surface area contributed by atoms with Gasteiger partial charge in [0.25, 0.3) is 5.91 Å². The Balaban J connectivity index is 0.00000300. The van der Waals surface area contributed by atoms with Gasteiger partial charge in [0.15, 0.2) is 5.96 Å². The van der Waals surface area contributed by atoms with Gasteiger partial charge in [0.2, 0.25) is 5.91 Å². The average Bonchev–Trinajstić information content (AvgIpc) is 3.14. The molecule has 0 aromatic carbocycles. The smallest absolute Gasteiger partial charge is 0.252 e. The number of amides is 2. The van der Waals surface area contributed by atoms with E-state index in [1.807, 2.05) is 18.1 Å². The van der Waals surface area contributed by atoms with Crippen molar-refractivity contribution in [1.29, 1.82) is 0 Å². The number of carbonyl (C=O) groups excluding carboxylic acids is 2. The quantitative estimate of drug-likeness (QED) is 0.255. The Morgan fingerprint density at radius 1 is 1.24 bits per heavy atom. The van der Waals surface area contributed by atoms with Crippen LogP contribution in [0.3, 0.4) is 0 Å². The van der Waals surface area contributed by atoms with Crippen LogP contribution >= 0.6 is 24.0 Å². The van der Waals surface area contributed by atoms with Gasteiger partial charge >= 0.3 is 0 Å². The number of aryl methyl sites for hydroxylation is 1. The zero-order chi connectivity index (χ0) is 19.9. The number of anilines is 1. The molecular weight excluding hydrogens is 487 g/mol. The fourth-order valence-electron chi connectivity index (χ4n) is 2.96. The first-order valence-electron chi connectivity index (χ1n) is 9.01. The summed E-state index contributed by atoms with van der Waals surface area (Å²) in [5.41, 5.74) is 1.32. The number of hydrogen-bond donors (Lipinski definition) is 2. The molecule has 3 heterocycles. The molecule has 0 saturated carbocycles. The van der Waals surface area contributed by atoms with Gasteiger partial charge in [-0.3, -0.25) is 24.2 Å². The highest BCUT2D eigenvalue weighted by Gasteiger charge is 2.27. The van der Waals surface area contributed by atoms with Crippen molar-refractivity contribution in [3.63, 3.8) is 0 Å². The van der Waals surface area contributed by atoms with Crippen molar-refractivity contribution in [2.75, 3.05) is 44.7 Å². The van der Waals surface area contributed by atoms with Crippen molar-refractivity contribution < 1.29 is 9.59 Å². The van der Waals surface area contributed by atoms with E-state index in [4.69, 9.17) is 0 Å². The molecule has 2 aromatic rings. The van der Waals surface area contributed by atoms with Gasteiger partial charge in [-0.1, -0.05) is 0 Å². The molecule has 29 heavy (non-hydrogen) atoms. The molecule has 1 fully saturated rings. The number of nitrogens with one attached hydrogen (secondary N) is 2. The molecule has 1 aliphatic heterocycles. The molecule has 2 amide bonds. The normalized spacial score (nSPS) is 14.4. The molecule has 3 rings (SSSR count). The molecule has 0 radical (unpaired) electrons. The summed E-state index contributed by atoms with van der Waals surface area (Å²) in [4.78, 5) is 36.3. The maximum atomic E-state index is 12.5. The van der Waals surface area contributed by atoms with Crippen molar-refractivity contribution in [1.82, 2.24) is 30.3 Å². The first kappa shape index (κ1) is 22.6. The van der Waals surface area contributed by atoms with Crippen LogP contribution in [-0.4, -0.2) is 77.2 Å². The standard InChI is InChI=1S/C18H24N8O2.HI/c1-19-18(22-7-6-21-17(28)14-4-3-5-20-10-14)25-8-9-26(16(27)13-25)15-11-23-24(2)12-15;/h3-5,10-12H,6-9,13H2,1-2H3,(H,19,22)(H,21,28);1H. The van der Waals surface area contributed by atoms with Crippen LogP contribution in [0.1, 0.15) is 10.4 Å². The first-order chi connectivity index (χ1) is 13.6. The van der Waals surface area contributed by atoms with Gasteiger partial charge in [-0.25, -0.2) is 0 Å². The lowest BCUT2D eigenvalue weighted by molar-refractivity contribution is -0.120. The molecule has 0 atom stereocenters. The minimum absolute atomic E-state index is 0. The third kappa shape index (κ3) is 5.89. The molecule has 0 spiro atoms. The van der Waals surface area contributed by atoms with Crippen molar-refractivity contribution >= 4 is 47.4 Å². The van der Waals surface area contributed by atoms with Crippen molar-refractivity contribution in [3.8, 4) is 0 Å². The second kappa shape index (κ2) is 10.7. The number of hydrogen-bond acceptors (Lipinski definition) is 5. The van der Waals surface area contributed by atoms with E-state index in [-0.39, 0.29) is 42.3 Å². The monoisotopic (exact) mass is 512 g/mol. The van der Waals surface area contributed by atoms with Gasteiger partial charge in [-0.05, 0) is 12.1 Å². The van der Waals surface area contributed by atoms with E-state index in [0.29, 0.717) is 37.7 Å². The van der Waals surface area contributed by atoms with Crippen LogP contribution in [0.4, 0.5) is 5.69 Å². The SMILES string of the molecule is CN=C(NCCNC(=O)c1cccnc1)N1CCN(c2cnn(C)c2)C(=O)C1.I. The molecule has 0 unspecified atom stereocenters. The minimum atomic E-state index is -0.176. The number of carbonyl (C=O) groups is 2. The molecule has 11 heteroatoms. The number of pyridine rings is 1. The van der Waals surface area contributed by atoms with E-state index in [1.54, 1.807) is 41.2 Å². The van der Waals surface area contributed by atoms with Crippen molar-refractivity contribution in [2.24, 2.45) is 12.0 Å². The lowest BCUT2D eigenvalue weighted by atomic mass is 10.3. The van der Waals surface area contributed by atoms with Crippen LogP contribution in [0, 0.1) is 0 Å². The van der Waals surface area contributed by atoms with Gasteiger partial charge in [-0.2, -0.15) is 5.10 Å². The Morgan fingerprint density at radius 3 is 2.66 bits per heavy atom. The predicted molar refractivity (Wildman–Crippen MR) is 120 cm³/mol. The third-order valence-corrected chi connectivity index (χ3v) is 4.35. The fourth-order valence-corrected chi connectivity index (χ4v) is 2.96.